The molecule has 6 heteroatoms. The predicted octanol–water partition coefficient (Wildman–Crippen LogP) is 4.00. The minimum absolute atomic E-state index is 0.142. The molecule has 0 bridgehead atoms. The Morgan fingerprint density at radius 1 is 1.25 bits per heavy atom. The molecule has 24 heavy (non-hydrogen) atoms. The molecule has 1 heterocycles. The maximum absolute atomic E-state index is 12.2. The average molecular weight is 373 g/mol. The summed E-state index contributed by atoms with van der Waals surface area (Å²) < 4.78 is 5.63. The number of nitrogens with zero attached hydrogens (tertiary/aromatic N) is 1. The molecule has 2 atom stereocenters. The smallest absolute Gasteiger partial charge is 0.260 e. The van der Waals surface area contributed by atoms with E-state index in [-0.39, 0.29) is 5.91 Å². The van der Waals surface area contributed by atoms with Gasteiger partial charge in [0.1, 0.15) is 10.8 Å². The fourth-order valence-corrected chi connectivity index (χ4v) is 3.22. The summed E-state index contributed by atoms with van der Waals surface area (Å²) in [4.78, 5) is 14.7. The Morgan fingerprint density at radius 2 is 1.96 bits per heavy atom. The first-order chi connectivity index (χ1) is 11.5. The number of amides is 1. The molecule has 0 saturated carbocycles. The molecule has 1 aromatic rings. The fourth-order valence-electron chi connectivity index (χ4n) is 2.88. The van der Waals surface area contributed by atoms with Gasteiger partial charge in [0.05, 0.1) is 5.02 Å². The number of carbonyl (C=O) groups excluding carboxylic acids is 1. The van der Waals surface area contributed by atoms with Crippen molar-refractivity contribution in [2.24, 2.45) is 5.92 Å². The Hall–Kier alpha value is -0.970. The third kappa shape index (κ3) is 5.83. The molecule has 1 N–H and O–H groups in total. The van der Waals surface area contributed by atoms with Gasteiger partial charge in [0, 0.05) is 13.1 Å². The number of halogens is 2. The molecule has 2 rings (SSSR count). The van der Waals surface area contributed by atoms with Crippen molar-refractivity contribution in [3.8, 4) is 5.75 Å². The van der Waals surface area contributed by atoms with Crippen LogP contribution in [0, 0.1) is 5.92 Å². The molecule has 4 nitrogen and oxygen atoms in total. The second kappa shape index (κ2) is 9.50. The predicted molar refractivity (Wildman–Crippen MR) is 99.0 cm³/mol. The Kier molecular flexibility index (Phi) is 7.66. The Morgan fingerprint density at radius 3 is 2.67 bits per heavy atom. The summed E-state index contributed by atoms with van der Waals surface area (Å²) in [6.45, 7) is 7.88. The van der Waals surface area contributed by atoms with E-state index in [1.807, 2.05) is 0 Å². The van der Waals surface area contributed by atoms with E-state index in [0.29, 0.717) is 28.3 Å². The maximum Gasteiger partial charge on any atom is 0.260 e. The van der Waals surface area contributed by atoms with Crippen LogP contribution in [-0.4, -0.2) is 43.1 Å². The zero-order valence-corrected chi connectivity index (χ0v) is 15.9. The molecule has 1 fully saturated rings. The van der Waals surface area contributed by atoms with Gasteiger partial charge in [-0.05, 0) is 50.9 Å². The van der Waals surface area contributed by atoms with Crippen LogP contribution in [0.5, 0.6) is 5.75 Å². The summed E-state index contributed by atoms with van der Waals surface area (Å²) in [7, 11) is 0. The average Bonchev–Trinajstić information content (AvgIpc) is 2.57. The van der Waals surface area contributed by atoms with Crippen molar-refractivity contribution in [2.75, 3.05) is 26.2 Å². The summed E-state index contributed by atoms with van der Waals surface area (Å²) in [5, 5.41) is 3.70. The van der Waals surface area contributed by atoms with E-state index >= 15 is 0 Å². The first-order valence-corrected chi connectivity index (χ1v) is 9.33. The van der Waals surface area contributed by atoms with Gasteiger partial charge in [-0.2, -0.15) is 0 Å². The molecule has 0 aromatic heterocycles. The van der Waals surface area contributed by atoms with Crippen molar-refractivity contribution in [1.29, 1.82) is 0 Å². The van der Waals surface area contributed by atoms with Gasteiger partial charge in [0.25, 0.3) is 5.91 Å². The van der Waals surface area contributed by atoms with Crippen LogP contribution in [0.1, 0.15) is 33.1 Å². The summed E-state index contributed by atoms with van der Waals surface area (Å²) in [5.74, 6) is 0.693. The van der Waals surface area contributed by atoms with Crippen molar-refractivity contribution in [3.63, 3.8) is 0 Å². The number of benzene rings is 1. The number of ether oxygens (including phenoxy) is 1. The van der Waals surface area contributed by atoms with Crippen molar-refractivity contribution in [1.82, 2.24) is 10.2 Å². The number of nitrogens with one attached hydrogen (secondary N) is 1. The lowest BCUT2D eigenvalue weighted by atomic mass is 10.1. The number of carbonyl (C=O) groups is 1. The second-order valence-electron chi connectivity index (χ2n) is 6.52. The quantitative estimate of drug-likeness (QED) is 0.786. The van der Waals surface area contributed by atoms with Gasteiger partial charge in [0.2, 0.25) is 0 Å². The van der Waals surface area contributed by atoms with Gasteiger partial charge in [-0.1, -0.05) is 42.6 Å². The Bertz CT molecular complexity index is 548. The number of likely N-dealkylation sites (tertiary alicyclic amines) is 1. The molecule has 2 unspecified atom stereocenters. The topological polar surface area (TPSA) is 41.6 Å². The second-order valence-corrected chi connectivity index (χ2v) is 7.31. The lowest BCUT2D eigenvalue weighted by Gasteiger charge is -2.29. The standard InChI is InChI=1S/C18H26Cl2N2O2/c1-13(12-22-9-4-3-5-10-22)11-21-18(23)14(2)24-16-8-6-7-15(19)17(16)20/h6-8,13-14H,3-5,9-12H2,1-2H3,(H,21,23). The molecule has 134 valence electrons. The highest BCUT2D eigenvalue weighted by Crippen LogP contribution is 2.32. The largest absolute Gasteiger partial charge is 0.479 e. The number of piperidine rings is 1. The van der Waals surface area contributed by atoms with E-state index in [9.17, 15) is 4.79 Å². The van der Waals surface area contributed by atoms with Crippen LogP contribution in [0.25, 0.3) is 0 Å². The SMILES string of the molecule is CC(CNC(=O)C(C)Oc1cccc(Cl)c1Cl)CN1CCCCC1. The van der Waals surface area contributed by atoms with Crippen LogP contribution in [-0.2, 0) is 4.79 Å². The van der Waals surface area contributed by atoms with Gasteiger partial charge in [-0.15, -0.1) is 0 Å². The van der Waals surface area contributed by atoms with E-state index in [0.717, 1.165) is 6.54 Å². The van der Waals surface area contributed by atoms with Crippen molar-refractivity contribution < 1.29 is 9.53 Å². The van der Waals surface area contributed by atoms with Crippen LogP contribution in [0.2, 0.25) is 10.0 Å². The number of hydrogen-bond acceptors (Lipinski definition) is 3. The molecule has 1 aliphatic heterocycles. The summed E-state index contributed by atoms with van der Waals surface area (Å²) in [6, 6.07) is 5.13. The zero-order valence-electron chi connectivity index (χ0n) is 14.4. The van der Waals surface area contributed by atoms with Crippen LogP contribution in [0.4, 0.5) is 0 Å². The minimum Gasteiger partial charge on any atom is -0.479 e. The van der Waals surface area contributed by atoms with Crippen molar-refractivity contribution in [3.05, 3.63) is 28.2 Å². The highest BCUT2D eigenvalue weighted by atomic mass is 35.5. The van der Waals surface area contributed by atoms with Crippen molar-refractivity contribution >= 4 is 29.1 Å². The Balaban J connectivity index is 1.75. The Labute approximate surface area is 154 Å². The molecule has 1 aromatic carbocycles. The molecule has 0 aliphatic carbocycles. The molecule has 0 radical (unpaired) electrons. The van der Waals surface area contributed by atoms with Crippen LogP contribution in [0.15, 0.2) is 18.2 Å². The third-order valence-corrected chi connectivity index (χ3v) is 5.03. The monoisotopic (exact) mass is 372 g/mol. The summed E-state index contributed by atoms with van der Waals surface area (Å²) in [5.41, 5.74) is 0. The van der Waals surface area contributed by atoms with Crippen LogP contribution < -0.4 is 10.1 Å². The van der Waals surface area contributed by atoms with Crippen molar-refractivity contribution in [2.45, 2.75) is 39.2 Å². The van der Waals surface area contributed by atoms with E-state index in [1.54, 1.807) is 25.1 Å². The van der Waals surface area contributed by atoms with E-state index in [2.05, 4.69) is 17.1 Å². The molecular weight excluding hydrogens is 347 g/mol. The van der Waals surface area contributed by atoms with Crippen LogP contribution in [0.3, 0.4) is 0 Å². The van der Waals surface area contributed by atoms with Gasteiger partial charge < -0.3 is 15.0 Å². The van der Waals surface area contributed by atoms with E-state index in [4.69, 9.17) is 27.9 Å². The summed E-state index contributed by atoms with van der Waals surface area (Å²) >= 11 is 12.0. The van der Waals surface area contributed by atoms with E-state index in [1.165, 1.54) is 32.4 Å². The molecule has 0 spiro atoms. The minimum atomic E-state index is -0.622. The lowest BCUT2D eigenvalue weighted by Crippen LogP contribution is -2.41. The van der Waals surface area contributed by atoms with E-state index < -0.39 is 6.10 Å². The molecule has 1 aliphatic rings. The first kappa shape index (κ1) is 19.4. The molecule has 1 amide bonds. The lowest BCUT2D eigenvalue weighted by molar-refractivity contribution is -0.127. The van der Waals surface area contributed by atoms with Gasteiger partial charge >= 0.3 is 0 Å². The number of hydrogen-bond donors (Lipinski definition) is 1. The molecular formula is C18H26Cl2N2O2. The highest BCUT2D eigenvalue weighted by molar-refractivity contribution is 6.42. The van der Waals surface area contributed by atoms with Gasteiger partial charge in [0.15, 0.2) is 6.10 Å². The normalized spacial score (nSPS) is 18.0. The maximum atomic E-state index is 12.2. The first-order valence-electron chi connectivity index (χ1n) is 8.58. The van der Waals surface area contributed by atoms with Gasteiger partial charge in [-0.3, -0.25) is 4.79 Å². The van der Waals surface area contributed by atoms with Gasteiger partial charge in [-0.25, -0.2) is 0 Å². The van der Waals surface area contributed by atoms with Crippen LogP contribution >= 0.6 is 23.2 Å². The zero-order chi connectivity index (χ0) is 17.5. The third-order valence-electron chi connectivity index (χ3n) is 4.23. The molecule has 1 saturated heterocycles. The highest BCUT2D eigenvalue weighted by Gasteiger charge is 2.19. The fraction of sp³-hybridized carbons (Fsp3) is 0.611. The summed E-state index contributed by atoms with van der Waals surface area (Å²) in [6.07, 6.45) is 3.28. The number of rotatable bonds is 7.